The summed E-state index contributed by atoms with van der Waals surface area (Å²) in [6.45, 7) is 5.34. The Kier molecular flexibility index (Phi) is 7.91. The molecule has 3 aromatic rings. The van der Waals surface area contributed by atoms with Gasteiger partial charge in [-0.2, -0.15) is 0 Å². The molecule has 0 fully saturated rings. The van der Waals surface area contributed by atoms with Crippen molar-refractivity contribution in [2.45, 2.75) is 26.8 Å². The maximum absolute atomic E-state index is 12.4. The van der Waals surface area contributed by atoms with E-state index in [1.54, 1.807) is 68.4 Å². The summed E-state index contributed by atoms with van der Waals surface area (Å²) in [5.41, 5.74) is 4.31. The van der Waals surface area contributed by atoms with Gasteiger partial charge in [-0.25, -0.2) is 9.59 Å². The summed E-state index contributed by atoms with van der Waals surface area (Å²) in [4.78, 5) is 36.0. The van der Waals surface area contributed by atoms with Crippen LogP contribution in [0.15, 0.2) is 66.7 Å². The van der Waals surface area contributed by atoms with Gasteiger partial charge in [0.1, 0.15) is 6.04 Å². The maximum atomic E-state index is 12.4. The quantitative estimate of drug-likeness (QED) is 0.343. The van der Waals surface area contributed by atoms with Crippen molar-refractivity contribution in [2.24, 2.45) is 5.92 Å². The van der Waals surface area contributed by atoms with Gasteiger partial charge in [-0.1, -0.05) is 49.7 Å². The zero-order chi connectivity index (χ0) is 24.8. The molecule has 0 aliphatic rings. The number of amides is 3. The first-order valence-electron chi connectivity index (χ1n) is 10.7. The minimum Gasteiger partial charge on any atom is -0.480 e. The molecule has 0 spiro atoms. The van der Waals surface area contributed by atoms with Crippen molar-refractivity contribution in [3.8, 4) is 11.1 Å². The Balaban J connectivity index is 1.62. The second-order valence-electron chi connectivity index (χ2n) is 8.23. The van der Waals surface area contributed by atoms with E-state index in [4.69, 9.17) is 11.6 Å². The largest absolute Gasteiger partial charge is 0.480 e. The fourth-order valence-electron chi connectivity index (χ4n) is 3.35. The van der Waals surface area contributed by atoms with Gasteiger partial charge < -0.3 is 21.1 Å². The molecule has 0 aliphatic carbocycles. The third-order valence-electron chi connectivity index (χ3n) is 5.28. The predicted molar refractivity (Wildman–Crippen MR) is 134 cm³/mol. The molecule has 4 N–H and O–H groups in total. The summed E-state index contributed by atoms with van der Waals surface area (Å²) in [5.74, 6) is -1.73. The average molecular weight is 480 g/mol. The van der Waals surface area contributed by atoms with E-state index < -0.39 is 17.9 Å². The van der Waals surface area contributed by atoms with Gasteiger partial charge in [0, 0.05) is 22.0 Å². The van der Waals surface area contributed by atoms with E-state index >= 15 is 0 Å². The first kappa shape index (κ1) is 24.8. The van der Waals surface area contributed by atoms with Crippen molar-refractivity contribution in [3.63, 3.8) is 0 Å². The molecule has 0 saturated heterocycles. The zero-order valence-corrected chi connectivity index (χ0v) is 19.8. The third kappa shape index (κ3) is 6.36. The smallest absolute Gasteiger partial charge is 0.326 e. The number of benzene rings is 3. The Hall–Kier alpha value is -3.84. The lowest BCUT2D eigenvalue weighted by atomic mass is 10.0. The van der Waals surface area contributed by atoms with Crippen LogP contribution in [-0.2, 0) is 4.79 Å². The van der Waals surface area contributed by atoms with Crippen LogP contribution < -0.4 is 16.0 Å². The number of urea groups is 1. The number of aryl methyl sites for hydroxylation is 1. The van der Waals surface area contributed by atoms with Gasteiger partial charge in [0.15, 0.2) is 0 Å². The summed E-state index contributed by atoms with van der Waals surface area (Å²) in [6, 6.07) is 18.1. The lowest BCUT2D eigenvalue weighted by molar-refractivity contribution is -0.140. The molecule has 7 nitrogen and oxygen atoms in total. The van der Waals surface area contributed by atoms with Crippen LogP contribution in [0, 0.1) is 12.8 Å². The van der Waals surface area contributed by atoms with Crippen LogP contribution in [0.5, 0.6) is 0 Å². The fraction of sp³-hybridized carbons (Fsp3) is 0.192. The number of carboxylic acid groups (broad SMARTS) is 1. The van der Waals surface area contributed by atoms with Gasteiger partial charge in [-0.05, 0) is 72.0 Å². The van der Waals surface area contributed by atoms with Gasteiger partial charge in [0.2, 0.25) is 0 Å². The number of halogens is 1. The minimum atomic E-state index is -1.06. The number of anilines is 2. The summed E-state index contributed by atoms with van der Waals surface area (Å²) in [7, 11) is 0. The van der Waals surface area contributed by atoms with Crippen LogP contribution in [0.25, 0.3) is 11.1 Å². The molecule has 34 heavy (non-hydrogen) atoms. The Morgan fingerprint density at radius 1 is 0.853 bits per heavy atom. The molecule has 0 unspecified atom stereocenters. The number of hydrogen-bond acceptors (Lipinski definition) is 3. The maximum Gasteiger partial charge on any atom is 0.326 e. The summed E-state index contributed by atoms with van der Waals surface area (Å²) >= 11 is 5.95. The van der Waals surface area contributed by atoms with Gasteiger partial charge >= 0.3 is 12.0 Å². The second kappa shape index (κ2) is 10.9. The van der Waals surface area contributed by atoms with E-state index in [-0.39, 0.29) is 11.9 Å². The molecule has 0 bridgehead atoms. The van der Waals surface area contributed by atoms with Crippen LogP contribution in [0.1, 0.15) is 29.8 Å². The lowest BCUT2D eigenvalue weighted by Crippen LogP contribution is -2.44. The molecule has 176 valence electrons. The Bertz CT molecular complexity index is 1190. The molecule has 0 saturated carbocycles. The fourth-order valence-corrected chi connectivity index (χ4v) is 3.58. The monoisotopic (exact) mass is 479 g/mol. The van der Waals surface area contributed by atoms with Crippen LogP contribution >= 0.6 is 11.6 Å². The zero-order valence-electron chi connectivity index (χ0n) is 19.1. The van der Waals surface area contributed by atoms with Crippen molar-refractivity contribution in [2.75, 3.05) is 10.6 Å². The average Bonchev–Trinajstić information content (AvgIpc) is 2.79. The highest BCUT2D eigenvalue weighted by Crippen LogP contribution is 2.23. The van der Waals surface area contributed by atoms with Crippen LogP contribution in [0.2, 0.25) is 5.02 Å². The molecule has 8 heteroatoms. The molecule has 0 aromatic heterocycles. The molecule has 3 amide bonds. The molecule has 0 radical (unpaired) electrons. The van der Waals surface area contributed by atoms with Crippen molar-refractivity contribution in [1.82, 2.24) is 5.32 Å². The van der Waals surface area contributed by atoms with Crippen LogP contribution in [0.3, 0.4) is 0 Å². The van der Waals surface area contributed by atoms with Gasteiger partial charge in [-0.3, -0.25) is 4.79 Å². The van der Waals surface area contributed by atoms with E-state index in [0.29, 0.717) is 22.0 Å². The highest BCUT2D eigenvalue weighted by atomic mass is 35.5. The summed E-state index contributed by atoms with van der Waals surface area (Å²) in [6.07, 6.45) is 0. The first-order chi connectivity index (χ1) is 16.1. The number of rotatable bonds is 7. The standard InChI is InChI=1S/C26H26ClN3O4/c1-15(2)23(25(32)33)30-24(31)19-6-4-17(5-7-19)18-8-11-21(12-9-18)28-26(34)29-22-13-10-20(27)14-16(22)3/h4-15,23H,1-3H3,(H,30,31)(H,32,33)(H2,28,29,34)/t23-/m0/s1. The number of hydrogen-bond donors (Lipinski definition) is 4. The topological polar surface area (TPSA) is 108 Å². The molecule has 0 heterocycles. The Morgan fingerprint density at radius 3 is 1.97 bits per heavy atom. The minimum absolute atomic E-state index is 0.231. The van der Waals surface area contributed by atoms with E-state index in [9.17, 15) is 19.5 Å². The van der Waals surface area contributed by atoms with Crippen molar-refractivity contribution in [1.29, 1.82) is 0 Å². The highest BCUT2D eigenvalue weighted by molar-refractivity contribution is 6.30. The van der Waals surface area contributed by atoms with E-state index in [0.717, 1.165) is 16.7 Å². The van der Waals surface area contributed by atoms with Gasteiger partial charge in [-0.15, -0.1) is 0 Å². The van der Waals surface area contributed by atoms with Crippen LogP contribution in [0.4, 0.5) is 16.2 Å². The number of carbonyl (C=O) groups excluding carboxylic acids is 2. The molecule has 3 rings (SSSR count). The number of aliphatic carboxylic acids is 1. The lowest BCUT2D eigenvalue weighted by Gasteiger charge is -2.18. The molecular formula is C26H26ClN3O4. The highest BCUT2D eigenvalue weighted by Gasteiger charge is 2.23. The SMILES string of the molecule is Cc1cc(Cl)ccc1NC(=O)Nc1ccc(-c2ccc(C(=O)N[C@H](C(=O)O)C(C)C)cc2)cc1. The molecular weight excluding hydrogens is 454 g/mol. The predicted octanol–water partition coefficient (Wildman–Crippen LogP) is 5.80. The summed E-state index contributed by atoms with van der Waals surface area (Å²) in [5, 5.41) is 18.0. The third-order valence-corrected chi connectivity index (χ3v) is 5.51. The van der Waals surface area contributed by atoms with E-state index in [1.807, 2.05) is 19.1 Å². The van der Waals surface area contributed by atoms with E-state index in [1.165, 1.54) is 0 Å². The normalized spacial score (nSPS) is 11.6. The summed E-state index contributed by atoms with van der Waals surface area (Å²) < 4.78 is 0. The number of carbonyl (C=O) groups is 3. The Morgan fingerprint density at radius 2 is 1.44 bits per heavy atom. The number of carboxylic acids is 1. The van der Waals surface area contributed by atoms with E-state index in [2.05, 4.69) is 16.0 Å². The van der Waals surface area contributed by atoms with Crippen molar-refractivity contribution < 1.29 is 19.5 Å². The molecule has 3 aromatic carbocycles. The first-order valence-corrected chi connectivity index (χ1v) is 11.1. The number of nitrogens with one attached hydrogen (secondary N) is 3. The van der Waals surface area contributed by atoms with Crippen LogP contribution in [-0.4, -0.2) is 29.1 Å². The molecule has 0 aliphatic heterocycles. The second-order valence-corrected chi connectivity index (χ2v) is 8.66. The van der Waals surface area contributed by atoms with Gasteiger partial charge in [0.25, 0.3) is 5.91 Å². The van der Waals surface area contributed by atoms with Crippen molar-refractivity contribution in [3.05, 3.63) is 82.9 Å². The Labute approximate surface area is 203 Å². The van der Waals surface area contributed by atoms with Gasteiger partial charge in [0.05, 0.1) is 0 Å². The molecule has 1 atom stereocenters. The van der Waals surface area contributed by atoms with Crippen molar-refractivity contribution >= 4 is 40.9 Å².